The summed E-state index contributed by atoms with van der Waals surface area (Å²) in [7, 11) is -14.2. The van der Waals surface area contributed by atoms with Gasteiger partial charge < -0.3 is 78.2 Å². The van der Waals surface area contributed by atoms with Crippen molar-refractivity contribution in [2.75, 3.05) is 74.8 Å². The Morgan fingerprint density at radius 1 is 0.423 bits per heavy atom. The van der Waals surface area contributed by atoms with Crippen LogP contribution in [0.3, 0.4) is 0 Å². The summed E-state index contributed by atoms with van der Waals surface area (Å²) in [5, 5.41) is 12.1. The number of rotatable bonds is 44. The van der Waals surface area contributed by atoms with Gasteiger partial charge in [0.2, 0.25) is 23.8 Å². The van der Waals surface area contributed by atoms with E-state index in [1.807, 2.05) is 43.3 Å². The molecule has 700 valence electrons. The van der Waals surface area contributed by atoms with Crippen LogP contribution in [0.25, 0.3) is 44.7 Å². The minimum absolute atomic E-state index is 0.0157. The van der Waals surface area contributed by atoms with Crippen LogP contribution >= 0.6 is 69.2 Å². The highest BCUT2D eigenvalue weighted by atomic mass is 79.9. The van der Waals surface area contributed by atoms with Gasteiger partial charge in [0.25, 0.3) is 52.3 Å². The van der Waals surface area contributed by atoms with E-state index in [0.29, 0.717) is 50.3 Å². The minimum Gasteiger partial charge on any atom is -0.369 e. The Labute approximate surface area is 759 Å². The number of H-pyrrole nitrogens is 4. The van der Waals surface area contributed by atoms with Crippen LogP contribution in [0, 0.1) is 19.7 Å². The third-order valence-corrected chi connectivity index (χ3v) is 27.5. The fourth-order valence-electron chi connectivity index (χ4n) is 11.3. The maximum absolute atomic E-state index is 13.8. The topological polar surface area (TPSA) is 617 Å². The summed E-state index contributed by atoms with van der Waals surface area (Å²) in [6.45, 7) is 17.0. The number of imidazole rings is 4. The second kappa shape index (κ2) is 47.6. The highest BCUT2D eigenvalue weighted by molar-refractivity contribution is 9.10. The highest BCUT2D eigenvalue weighted by Gasteiger charge is 2.33. The maximum atomic E-state index is 13.8. The number of anilines is 4. The molecule has 12 rings (SSSR count). The number of nitrogens with two attached hydrogens (primary N) is 4. The Morgan fingerprint density at radius 2 is 0.700 bits per heavy atom. The molecule has 0 fully saturated rings. The van der Waals surface area contributed by atoms with E-state index >= 15 is 0 Å². The number of Topliss-reactive ketones (excluding diaryl/α,β-unsaturated/α-hetero) is 4. The standard InChI is InChI=1S/C20H26ClN6O5P.C20H26FN6O5P.C19H24BrN6O5P.C19H24ClN6O5P/c2*1-12-4-5-15(8-16(12)21)9-32-33(30,26-13(2)14(3)28)11-31-7-6-27-10-23-17-18(27)24-20(22)25-19(17)29;2*1-12(13(2)27)25-32(29,31-9-14-4-3-5-15(20)8-14)11-30-7-6-26-10-22-16-17(26)23-19(21)24-18(16)28/h2*4-5,8,10,13H,6-7,9,11H2,1-3H3,(H,26,30)(H3,22,24,25,29);2*3-5,8,10,12H,6-7,9,11H2,1-2H3,(H,25,29)(H3,21,23,24,28)/t2*13-,33?;2*12-,32?/m0000/s1. The Morgan fingerprint density at radius 3 is 0.977 bits per heavy atom. The quantitative estimate of drug-likeness (QED) is 0.0125. The zero-order chi connectivity index (χ0) is 95.0. The molecule has 8 atom stereocenters. The van der Waals surface area contributed by atoms with Crippen LogP contribution in [-0.2, 0) is 127 Å². The molecule has 0 aliphatic carbocycles. The number of carbonyl (C=O) groups excluding carboxylic acids is 4. The average Bonchev–Trinajstić information content (AvgIpc) is 1.65. The number of hydrogen-bond acceptors (Lipinski definition) is 32. The molecule has 8 aromatic heterocycles. The first-order valence-electron chi connectivity index (χ1n) is 39.7. The van der Waals surface area contributed by atoms with Crippen LogP contribution in [-0.4, -0.2) is 177 Å². The largest absolute Gasteiger partial charge is 0.369 e. The molecule has 16 N–H and O–H groups in total. The summed E-state index contributed by atoms with van der Waals surface area (Å²) < 4.78 is 119. The SMILES string of the molecule is CC(=O)[C@H](C)NP(=O)(COCCn1cnc2c(=O)[nH]c(N)nc21)OCc1ccc(C)c(Cl)c1.CC(=O)[C@H](C)NP(=O)(COCCn1cnc2c(=O)[nH]c(N)nc21)OCc1ccc(C)c(F)c1.CC(=O)[C@H](C)NP(=O)(COCCn1cnc2c(=O)[nH]c(N)nc21)OCc1cccc(Br)c1.CC(=O)[C@H](C)NP(=O)(COCCn1cnc2c(=O)[nH]c(N)nc21)OCc1cccc(Cl)c1. The van der Waals surface area contributed by atoms with E-state index in [9.17, 15) is 61.0 Å². The van der Waals surface area contributed by atoms with Crippen molar-refractivity contribution in [3.05, 3.63) is 205 Å². The van der Waals surface area contributed by atoms with Gasteiger partial charge in [-0.1, -0.05) is 87.7 Å². The molecule has 0 saturated heterocycles. The maximum Gasteiger partial charge on any atom is 0.295 e. The number of ketones is 4. The Bertz CT molecular complexity index is 6090. The van der Waals surface area contributed by atoms with Gasteiger partial charge in [-0.2, -0.15) is 19.9 Å². The third-order valence-electron chi connectivity index (χ3n) is 18.9. The van der Waals surface area contributed by atoms with Gasteiger partial charge in [0.15, 0.2) is 44.7 Å². The summed E-state index contributed by atoms with van der Waals surface area (Å²) in [6.07, 6.45) is 4.65. The number of aromatic nitrogens is 16. The number of aryl methyl sites for hydroxylation is 2. The summed E-state index contributed by atoms with van der Waals surface area (Å²) in [5.74, 6) is -1.26. The van der Waals surface area contributed by atoms with E-state index in [1.165, 1.54) is 59.1 Å². The van der Waals surface area contributed by atoms with Crippen molar-refractivity contribution in [1.82, 2.24) is 98.4 Å². The van der Waals surface area contributed by atoms with Crippen molar-refractivity contribution in [1.29, 1.82) is 0 Å². The summed E-state index contributed by atoms with van der Waals surface area (Å²) in [5.41, 5.74) is 26.7. The van der Waals surface area contributed by atoms with Crippen LogP contribution in [0.15, 0.2) is 134 Å². The molecular weight excluding hydrogens is 1890 g/mol. The van der Waals surface area contributed by atoms with Gasteiger partial charge in [-0.15, -0.1) is 0 Å². The Balaban J connectivity index is 0.000000195. The van der Waals surface area contributed by atoms with Gasteiger partial charge in [-0.3, -0.25) is 76.6 Å². The summed E-state index contributed by atoms with van der Waals surface area (Å²) in [4.78, 5) is 136. The molecule has 8 heterocycles. The summed E-state index contributed by atoms with van der Waals surface area (Å²) >= 11 is 15.5. The average molecular weight is 1990 g/mol. The van der Waals surface area contributed by atoms with Gasteiger partial charge in [-0.05, 0) is 139 Å². The van der Waals surface area contributed by atoms with Crippen LogP contribution in [0.5, 0.6) is 0 Å². The lowest BCUT2D eigenvalue weighted by molar-refractivity contribution is -0.119. The first kappa shape index (κ1) is 103. The lowest BCUT2D eigenvalue weighted by Gasteiger charge is -2.23. The molecule has 4 unspecified atom stereocenters. The molecule has 52 heteroatoms. The van der Waals surface area contributed by atoms with E-state index in [-0.39, 0.29) is 167 Å². The van der Waals surface area contributed by atoms with Crippen molar-refractivity contribution in [3.8, 4) is 0 Å². The van der Waals surface area contributed by atoms with Crippen molar-refractivity contribution in [3.63, 3.8) is 0 Å². The number of carbonyl (C=O) groups is 4. The molecule has 0 amide bonds. The van der Waals surface area contributed by atoms with Crippen molar-refractivity contribution in [2.45, 2.75) is 146 Å². The van der Waals surface area contributed by atoms with Crippen LogP contribution in [0.2, 0.25) is 10.0 Å². The molecule has 0 aliphatic heterocycles. The molecule has 0 saturated carbocycles. The predicted molar refractivity (Wildman–Crippen MR) is 489 cm³/mol. The zero-order valence-electron chi connectivity index (χ0n) is 72.2. The number of halogens is 4. The second-order valence-corrected chi connectivity index (χ2v) is 39.7. The fraction of sp³-hybridized carbons (Fsp3) is 0.385. The predicted octanol–water partition coefficient (Wildman–Crippen LogP) is 9.44. The Kier molecular flexibility index (Phi) is 37.8. The number of benzene rings is 4. The molecule has 4 aromatic carbocycles. The second-order valence-electron chi connectivity index (χ2n) is 29.5. The lowest BCUT2D eigenvalue weighted by atomic mass is 10.1. The van der Waals surface area contributed by atoms with Gasteiger partial charge in [0.05, 0.1) is 102 Å². The number of nitrogen functional groups attached to an aromatic ring is 4. The first-order chi connectivity index (χ1) is 61.5. The van der Waals surface area contributed by atoms with Crippen LogP contribution in [0.4, 0.5) is 28.2 Å². The third kappa shape index (κ3) is 30.9. The molecule has 0 aliphatic rings. The van der Waals surface area contributed by atoms with Gasteiger partial charge in [0, 0.05) is 40.7 Å². The van der Waals surface area contributed by atoms with Crippen LogP contribution < -0.4 is 65.5 Å². The first-order valence-corrected chi connectivity index (χ1v) is 48.5. The zero-order valence-corrected chi connectivity index (χ0v) is 78.8. The number of fused-ring (bicyclic) bond motifs is 4. The molecular formula is C78H100BrCl2FN24O20P4. The molecule has 130 heavy (non-hydrogen) atoms. The van der Waals surface area contributed by atoms with E-state index < -0.39 is 82.3 Å². The van der Waals surface area contributed by atoms with Crippen molar-refractivity contribution in [2.24, 2.45) is 0 Å². The summed E-state index contributed by atoms with van der Waals surface area (Å²) in [6, 6.07) is 21.6. The van der Waals surface area contributed by atoms with Crippen LogP contribution in [0.1, 0.15) is 88.8 Å². The number of nitrogens with one attached hydrogen (secondary N) is 8. The highest BCUT2D eigenvalue weighted by Crippen LogP contribution is 2.47. The van der Waals surface area contributed by atoms with Gasteiger partial charge in [0.1, 0.15) is 54.3 Å². The minimum atomic E-state index is -3.62. The molecule has 12 aromatic rings. The van der Waals surface area contributed by atoms with E-state index in [4.69, 9.17) is 83.2 Å². The van der Waals surface area contributed by atoms with Gasteiger partial charge >= 0.3 is 0 Å². The van der Waals surface area contributed by atoms with Crippen molar-refractivity contribution >= 4 is 161 Å². The number of ether oxygens (including phenoxy) is 4. The van der Waals surface area contributed by atoms with E-state index in [1.54, 1.807) is 95.4 Å². The molecule has 44 nitrogen and oxygen atoms in total. The number of aromatic amines is 4. The van der Waals surface area contributed by atoms with Crippen molar-refractivity contribution < 1.29 is 78.9 Å². The van der Waals surface area contributed by atoms with Gasteiger partial charge in [-0.25, -0.2) is 44.7 Å². The van der Waals surface area contributed by atoms with E-state index in [0.717, 1.165) is 26.7 Å². The number of nitrogens with zero attached hydrogens (tertiary/aromatic N) is 12. The Hall–Kier alpha value is -10.4. The van der Waals surface area contributed by atoms with E-state index in [2.05, 4.69) is 96.1 Å². The molecule has 0 bridgehead atoms. The normalized spacial score (nSPS) is 14.3. The lowest BCUT2D eigenvalue weighted by Crippen LogP contribution is -2.32. The fourth-order valence-corrected chi connectivity index (χ4v) is 19.1. The smallest absolute Gasteiger partial charge is 0.295 e. The molecule has 0 spiro atoms. The number of hydrogen-bond donors (Lipinski definition) is 12. The monoisotopic (exact) mass is 1980 g/mol. The molecule has 0 radical (unpaired) electrons.